The summed E-state index contributed by atoms with van der Waals surface area (Å²) in [4.78, 5) is 95.7. The Morgan fingerprint density at radius 3 is 1.43 bits per heavy atom. The van der Waals surface area contributed by atoms with Crippen LogP contribution in [0.15, 0.2) is 132 Å². The minimum absolute atomic E-state index is 0.00602. The molecule has 0 unspecified atom stereocenters. The Morgan fingerprint density at radius 2 is 0.937 bits per heavy atom. The monoisotopic (exact) mass is 1520 g/mol. The number of allylic oxidation sites excluding steroid dienone is 2. The lowest BCUT2D eigenvalue weighted by molar-refractivity contribution is -0.137. The lowest BCUT2D eigenvalue weighted by Gasteiger charge is -2.35. The number of ether oxygens (including phenoxy) is 1. The van der Waals surface area contributed by atoms with E-state index in [9.17, 15) is 37.1 Å². The van der Waals surface area contributed by atoms with Gasteiger partial charge in [-0.05, 0) is 188 Å². The van der Waals surface area contributed by atoms with Gasteiger partial charge < -0.3 is 35.6 Å². The van der Waals surface area contributed by atoms with E-state index in [0.29, 0.717) is 75.1 Å². The number of aliphatic imine (C=N–C) groups is 2. The van der Waals surface area contributed by atoms with Gasteiger partial charge in [-0.15, -0.1) is 0 Å². The Balaban J connectivity index is 0.000000207. The van der Waals surface area contributed by atoms with Gasteiger partial charge >= 0.3 is 6.09 Å². The fourth-order valence-electron chi connectivity index (χ4n) is 16.7. The quantitative estimate of drug-likeness (QED) is 0.0524. The zero-order valence-corrected chi connectivity index (χ0v) is 68.2. The van der Waals surface area contributed by atoms with Gasteiger partial charge in [0.15, 0.2) is 0 Å². The van der Waals surface area contributed by atoms with Gasteiger partial charge in [-0.1, -0.05) is 180 Å². The number of benzene rings is 4. The van der Waals surface area contributed by atoms with Crippen molar-refractivity contribution in [3.63, 3.8) is 0 Å². The molecule has 8 atom stereocenters. The third-order valence-corrected chi connectivity index (χ3v) is 24.0. The van der Waals surface area contributed by atoms with E-state index in [1.807, 2.05) is 72.0 Å². The number of carbonyl (C=O) groups excluding carboxylic acids is 5. The molecule has 3 saturated carbocycles. The summed E-state index contributed by atoms with van der Waals surface area (Å²) in [7, 11) is 0. The second kappa shape index (κ2) is 32.6. The summed E-state index contributed by atoms with van der Waals surface area (Å²) in [6.07, 6.45) is 14.7. The van der Waals surface area contributed by atoms with Gasteiger partial charge in [0.25, 0.3) is 0 Å². The van der Waals surface area contributed by atoms with Crippen molar-refractivity contribution < 1.29 is 41.9 Å². The summed E-state index contributed by atoms with van der Waals surface area (Å²) >= 11 is 0. The number of alkyl halides is 3. The van der Waals surface area contributed by atoms with Gasteiger partial charge in [-0.3, -0.25) is 34.1 Å². The predicted molar refractivity (Wildman–Crippen MR) is 435 cm³/mol. The van der Waals surface area contributed by atoms with Crippen LogP contribution in [0.1, 0.15) is 265 Å². The number of nitrogens with zero attached hydrogens (tertiary/aromatic N) is 6. The number of halogens is 3. The minimum atomic E-state index is -2.67. The van der Waals surface area contributed by atoms with E-state index >= 15 is 0 Å². The van der Waals surface area contributed by atoms with E-state index < -0.39 is 41.3 Å². The summed E-state index contributed by atoms with van der Waals surface area (Å²) in [5.41, 5.74) is 12.4. The normalized spacial score (nSPS) is 23.3. The SMILES string of the molecule is CC(C)[C@H](C)C(=O)N1CCC[C@H]1c1ncc(-c2ccc(-c3ccc(C4=CN=C([C@@H](NC(=O)[C@@H]5CCCN5C(=O)OC(C)(C)C)C(C)(C)C)C4)cc3)cc2)[nH]1.CC1(F)CCC(C(=O)N[C@H](C2=NC=C(c3ccc([C@@H]4C[C@H]4c4ccc(-c5cnc([C@@H](NC(=O)C6CCC(F)(F)CC6)C(C)(C)C)[nH]5)cc4)cc3)C2)C(C)(C)C)CC1. The highest BCUT2D eigenvalue weighted by atomic mass is 19.3. The number of nitrogens with one attached hydrogen (secondary N) is 5. The topological polar surface area (TPSA) is 219 Å². The molecule has 5 amide bonds. The van der Waals surface area contributed by atoms with Crippen molar-refractivity contribution in [1.82, 2.24) is 45.7 Å². The van der Waals surface area contributed by atoms with Crippen molar-refractivity contribution in [3.05, 3.63) is 156 Å². The fourth-order valence-corrected chi connectivity index (χ4v) is 16.7. The molecule has 0 bridgehead atoms. The van der Waals surface area contributed by atoms with Gasteiger partial charge in [-0.2, -0.15) is 0 Å². The van der Waals surface area contributed by atoms with Gasteiger partial charge in [0, 0.05) is 80.3 Å². The smallest absolute Gasteiger partial charge is 0.410 e. The molecule has 0 radical (unpaired) electrons. The highest BCUT2D eigenvalue weighted by Gasteiger charge is 2.45. The first kappa shape index (κ1) is 81.5. The van der Waals surface area contributed by atoms with Crippen LogP contribution in [-0.2, 0) is 23.9 Å². The second-order valence-electron chi connectivity index (χ2n) is 37.4. The van der Waals surface area contributed by atoms with E-state index in [1.54, 1.807) is 18.0 Å². The maximum absolute atomic E-state index is 14.4. The van der Waals surface area contributed by atoms with E-state index in [0.717, 1.165) is 105 Å². The lowest BCUT2D eigenvalue weighted by Crippen LogP contribution is -2.55. The third-order valence-electron chi connectivity index (χ3n) is 24.0. The second-order valence-corrected chi connectivity index (χ2v) is 37.4. The van der Waals surface area contributed by atoms with Gasteiger partial charge in [0.05, 0.1) is 47.9 Å². The number of likely N-dealkylation sites (tertiary alicyclic amines) is 2. The Morgan fingerprint density at radius 1 is 0.514 bits per heavy atom. The first-order valence-corrected chi connectivity index (χ1v) is 40.6. The van der Waals surface area contributed by atoms with Crippen LogP contribution in [0, 0.1) is 39.9 Å². The third kappa shape index (κ3) is 19.8. The molecule has 111 heavy (non-hydrogen) atoms. The molecule has 4 aliphatic heterocycles. The van der Waals surface area contributed by atoms with Crippen LogP contribution in [0.4, 0.5) is 18.0 Å². The van der Waals surface area contributed by atoms with Gasteiger partial charge in [0.2, 0.25) is 29.6 Å². The maximum atomic E-state index is 14.4. The Bertz CT molecular complexity index is 4440. The Labute approximate surface area is 655 Å². The Hall–Kier alpha value is -8.94. The molecule has 6 aromatic rings. The lowest BCUT2D eigenvalue weighted by atomic mass is 9.79. The van der Waals surface area contributed by atoms with Crippen molar-refractivity contribution in [2.24, 2.45) is 49.9 Å². The number of amides is 5. The van der Waals surface area contributed by atoms with E-state index in [1.165, 1.54) is 11.1 Å². The molecule has 2 aromatic heterocycles. The van der Waals surface area contributed by atoms with Crippen molar-refractivity contribution in [2.45, 2.75) is 266 Å². The number of carbonyl (C=O) groups is 5. The zero-order chi connectivity index (χ0) is 79.9. The van der Waals surface area contributed by atoms with E-state index in [-0.39, 0.29) is 95.5 Å². The summed E-state index contributed by atoms with van der Waals surface area (Å²) in [6, 6.07) is 33.0. The summed E-state index contributed by atoms with van der Waals surface area (Å²) in [6.45, 7) is 33.5. The van der Waals surface area contributed by atoms with Gasteiger partial charge in [0.1, 0.15) is 29.0 Å². The number of hydrogen-bond acceptors (Lipinski definition) is 10. The molecule has 3 aliphatic carbocycles. The van der Waals surface area contributed by atoms with Crippen LogP contribution >= 0.6 is 0 Å². The van der Waals surface area contributed by atoms with Crippen molar-refractivity contribution >= 4 is 52.3 Å². The standard InChI is InChI=1S/C47H60F3N5O2.C44H58N6O4/c1-44(2,3)39(54-42(56)32-16-20-46(7,48)21-17-32)37-24-34(26-51-37)28-8-10-29(11-9-28)35-25-36(35)30-12-14-31(15-13-30)38-27-52-41(53-38)40(45(4,5)6)55-43(57)33-18-22-47(49,50)23-19-33;1-27(2)28(3)41(52)49-22-10-12-36(49)39-46-26-35(47-39)32-20-18-30(19-21-32)29-14-16-31(17-15-29)33-24-34(45-25-33)38(43(4,5)6)48-40(51)37-13-11-23-50(37)42(53)54-44(7,8)9/h8-15,26-27,32-33,35-36,39-40H,16-25H2,1-7H3,(H,52,53)(H,54,56)(H,55,57);14-21,25-28,36-38H,10-13,22-24H2,1-9H3,(H,46,47)(H,48,51)/t32?,35-,36-,39+,40+,46?;28-,36-,37-,38+/m00/s1. The number of rotatable bonds is 19. The summed E-state index contributed by atoms with van der Waals surface area (Å²) < 4.78 is 47.4. The van der Waals surface area contributed by atoms with Crippen molar-refractivity contribution in [2.75, 3.05) is 13.1 Å². The molecule has 7 aliphatic rings. The molecule has 594 valence electrons. The van der Waals surface area contributed by atoms with Crippen LogP contribution in [-0.4, -0.2) is 119 Å². The molecule has 20 heteroatoms. The molecule has 17 nitrogen and oxygen atoms in total. The van der Waals surface area contributed by atoms with Crippen LogP contribution in [0.25, 0.3) is 44.8 Å². The van der Waals surface area contributed by atoms with Crippen LogP contribution in [0.3, 0.4) is 0 Å². The largest absolute Gasteiger partial charge is 0.444 e. The summed E-state index contributed by atoms with van der Waals surface area (Å²) in [5.74, 6) is -0.657. The zero-order valence-electron chi connectivity index (χ0n) is 68.2. The molecule has 4 aromatic carbocycles. The van der Waals surface area contributed by atoms with Gasteiger partial charge in [-0.25, -0.2) is 27.9 Å². The van der Waals surface area contributed by atoms with E-state index in [4.69, 9.17) is 19.7 Å². The first-order valence-electron chi connectivity index (χ1n) is 40.6. The molecule has 6 heterocycles. The first-order chi connectivity index (χ1) is 52.3. The number of imidazole rings is 2. The number of aromatic nitrogens is 4. The van der Waals surface area contributed by atoms with E-state index in [2.05, 4.69) is 183 Å². The number of aromatic amines is 2. The number of hydrogen-bond donors (Lipinski definition) is 5. The maximum Gasteiger partial charge on any atom is 0.410 e. The molecule has 5 N–H and O–H groups in total. The molecular formula is C91H118F3N11O6. The average molecular weight is 1520 g/mol. The van der Waals surface area contributed by atoms with Crippen molar-refractivity contribution in [1.29, 1.82) is 0 Å². The molecule has 5 fully saturated rings. The Kier molecular flexibility index (Phi) is 24.0. The van der Waals surface area contributed by atoms with Crippen LogP contribution in [0.5, 0.6) is 0 Å². The molecular weight excluding hydrogens is 1400 g/mol. The number of H-pyrrole nitrogens is 2. The molecule has 2 saturated heterocycles. The average Bonchev–Trinajstić information content (AvgIpc) is 1.63. The molecule has 0 spiro atoms. The highest BCUT2D eigenvalue weighted by Crippen LogP contribution is 2.55. The van der Waals surface area contributed by atoms with Crippen LogP contribution < -0.4 is 16.0 Å². The van der Waals surface area contributed by atoms with Crippen LogP contribution in [0.2, 0.25) is 0 Å². The highest BCUT2D eigenvalue weighted by molar-refractivity contribution is 6.05. The minimum Gasteiger partial charge on any atom is -0.444 e. The molecule has 13 rings (SSSR count). The predicted octanol–water partition coefficient (Wildman–Crippen LogP) is 19.8. The van der Waals surface area contributed by atoms with Crippen molar-refractivity contribution in [3.8, 4) is 33.6 Å². The summed E-state index contributed by atoms with van der Waals surface area (Å²) in [5, 5.41) is 9.69. The fraction of sp³-hybridized carbons (Fsp3) is 0.549.